The third kappa shape index (κ3) is 8.25. The standard InChI is InChI=1S/C30H33ClF3N3O4S/c1-3-18-35-29(39)27(4-2)36(19-17-22-11-7-5-8-12-22)28(38)21-37(42(40,41)24-13-9-6-10-14-24)23-15-16-26(31)25(20-23)30(32,33)34/h5-16,20,27H,3-4,17-19,21H2,1-2H3,(H,35,39). The second kappa shape index (κ2) is 14.6. The number of nitrogens with zero attached hydrogens (tertiary/aromatic N) is 2. The molecule has 0 radical (unpaired) electrons. The van der Waals surface area contributed by atoms with Crippen LogP contribution >= 0.6 is 11.6 Å². The minimum atomic E-state index is -4.87. The molecular formula is C30H33ClF3N3O4S. The average molecular weight is 624 g/mol. The molecule has 0 saturated heterocycles. The van der Waals surface area contributed by atoms with Gasteiger partial charge in [-0.2, -0.15) is 13.2 Å². The summed E-state index contributed by atoms with van der Waals surface area (Å²) in [7, 11) is -4.52. The molecule has 12 heteroatoms. The summed E-state index contributed by atoms with van der Waals surface area (Å²) in [5.74, 6) is -1.14. The lowest BCUT2D eigenvalue weighted by Gasteiger charge is -2.33. The van der Waals surface area contributed by atoms with Crippen molar-refractivity contribution in [2.45, 2.75) is 50.2 Å². The zero-order valence-electron chi connectivity index (χ0n) is 23.3. The highest BCUT2D eigenvalue weighted by molar-refractivity contribution is 7.92. The number of amides is 2. The Kier molecular flexibility index (Phi) is 11.4. The first-order valence-corrected chi connectivity index (χ1v) is 15.3. The molecule has 0 saturated carbocycles. The summed E-state index contributed by atoms with van der Waals surface area (Å²) in [6, 6.07) is 18.1. The van der Waals surface area contributed by atoms with Crippen molar-refractivity contribution in [1.29, 1.82) is 0 Å². The average Bonchev–Trinajstić information content (AvgIpc) is 2.97. The number of halogens is 4. The molecule has 3 rings (SSSR count). The molecule has 0 fully saturated rings. The van der Waals surface area contributed by atoms with Gasteiger partial charge in [-0.05, 0) is 55.2 Å². The highest BCUT2D eigenvalue weighted by Crippen LogP contribution is 2.38. The Morgan fingerprint density at radius 3 is 2.14 bits per heavy atom. The summed E-state index contributed by atoms with van der Waals surface area (Å²) in [6.45, 7) is 3.23. The molecule has 0 heterocycles. The monoisotopic (exact) mass is 623 g/mol. The summed E-state index contributed by atoms with van der Waals surface area (Å²) in [6.07, 6.45) is -3.59. The number of alkyl halides is 3. The molecule has 7 nitrogen and oxygen atoms in total. The Hall–Kier alpha value is -3.57. The van der Waals surface area contributed by atoms with Crippen LogP contribution in [0.3, 0.4) is 0 Å². The Morgan fingerprint density at radius 1 is 0.952 bits per heavy atom. The molecule has 1 atom stereocenters. The molecule has 1 unspecified atom stereocenters. The SMILES string of the molecule is CCCNC(=O)C(CC)N(CCc1ccccc1)C(=O)CN(c1ccc(Cl)c(C(F)(F)F)c1)S(=O)(=O)c1ccccc1. The minimum Gasteiger partial charge on any atom is -0.354 e. The van der Waals surface area contributed by atoms with E-state index < -0.39 is 56.9 Å². The van der Waals surface area contributed by atoms with Crippen LogP contribution in [-0.2, 0) is 32.2 Å². The molecule has 0 spiro atoms. The van der Waals surface area contributed by atoms with Gasteiger partial charge in [0, 0.05) is 13.1 Å². The van der Waals surface area contributed by atoms with E-state index in [9.17, 15) is 31.2 Å². The number of anilines is 1. The molecule has 0 bridgehead atoms. The van der Waals surface area contributed by atoms with Gasteiger partial charge >= 0.3 is 6.18 Å². The molecule has 226 valence electrons. The van der Waals surface area contributed by atoms with Crippen LogP contribution in [0.1, 0.15) is 37.8 Å². The van der Waals surface area contributed by atoms with Gasteiger partial charge in [0.1, 0.15) is 12.6 Å². The van der Waals surface area contributed by atoms with Crippen molar-refractivity contribution < 1.29 is 31.2 Å². The Morgan fingerprint density at radius 2 is 1.57 bits per heavy atom. The van der Waals surface area contributed by atoms with Gasteiger partial charge in [0.25, 0.3) is 10.0 Å². The molecule has 0 aliphatic rings. The third-order valence-electron chi connectivity index (χ3n) is 6.57. The zero-order chi connectivity index (χ0) is 30.9. The van der Waals surface area contributed by atoms with Gasteiger partial charge in [-0.25, -0.2) is 8.42 Å². The van der Waals surface area contributed by atoms with Crippen molar-refractivity contribution in [2.75, 3.05) is 23.9 Å². The lowest BCUT2D eigenvalue weighted by molar-refractivity contribution is -0.139. The molecule has 1 N–H and O–H groups in total. The highest BCUT2D eigenvalue weighted by Gasteiger charge is 2.37. The predicted molar refractivity (Wildman–Crippen MR) is 157 cm³/mol. The first kappa shape index (κ1) is 32.9. The van der Waals surface area contributed by atoms with E-state index in [-0.39, 0.29) is 17.9 Å². The van der Waals surface area contributed by atoms with Crippen LogP contribution in [0.2, 0.25) is 5.02 Å². The van der Waals surface area contributed by atoms with Gasteiger partial charge in [0.15, 0.2) is 0 Å². The van der Waals surface area contributed by atoms with Crippen LogP contribution < -0.4 is 9.62 Å². The fraction of sp³-hybridized carbons (Fsp3) is 0.333. The second-order valence-corrected chi connectivity index (χ2v) is 11.8. The number of rotatable bonds is 13. The Labute approximate surface area is 249 Å². The summed E-state index contributed by atoms with van der Waals surface area (Å²) < 4.78 is 69.4. The van der Waals surface area contributed by atoms with Crippen LogP contribution in [0.5, 0.6) is 0 Å². The molecule has 0 aliphatic heterocycles. The quantitative estimate of drug-likeness (QED) is 0.256. The van der Waals surface area contributed by atoms with Gasteiger partial charge in [-0.15, -0.1) is 0 Å². The molecule has 3 aromatic carbocycles. The highest BCUT2D eigenvalue weighted by atomic mass is 35.5. The van der Waals surface area contributed by atoms with Gasteiger partial charge in [0.05, 0.1) is 21.2 Å². The number of benzene rings is 3. The molecule has 3 aromatic rings. The van der Waals surface area contributed by atoms with Crippen LogP contribution in [0.4, 0.5) is 18.9 Å². The topological polar surface area (TPSA) is 86.8 Å². The predicted octanol–water partition coefficient (Wildman–Crippen LogP) is 5.93. The molecule has 2 amide bonds. The van der Waals surface area contributed by atoms with Gasteiger partial charge in [-0.1, -0.05) is 74.0 Å². The summed E-state index contributed by atoms with van der Waals surface area (Å²) >= 11 is 5.80. The number of nitrogens with one attached hydrogen (secondary N) is 1. The smallest absolute Gasteiger partial charge is 0.354 e. The Bertz CT molecular complexity index is 1460. The normalized spacial score (nSPS) is 12.4. The molecule has 42 heavy (non-hydrogen) atoms. The van der Waals surface area contributed by atoms with Crippen LogP contribution in [0.15, 0.2) is 83.8 Å². The van der Waals surface area contributed by atoms with Crippen molar-refractivity contribution in [3.05, 3.63) is 95.0 Å². The first-order valence-electron chi connectivity index (χ1n) is 13.5. The van der Waals surface area contributed by atoms with Crippen molar-refractivity contribution in [1.82, 2.24) is 10.2 Å². The van der Waals surface area contributed by atoms with E-state index >= 15 is 0 Å². The summed E-state index contributed by atoms with van der Waals surface area (Å²) in [5.41, 5.74) is -0.746. The maximum Gasteiger partial charge on any atom is 0.417 e. The van der Waals surface area contributed by atoms with Crippen molar-refractivity contribution in [2.24, 2.45) is 0 Å². The molecule has 0 aliphatic carbocycles. The number of sulfonamides is 1. The fourth-order valence-electron chi connectivity index (χ4n) is 4.40. The molecular weight excluding hydrogens is 591 g/mol. The first-order chi connectivity index (χ1) is 19.9. The van der Waals surface area contributed by atoms with Gasteiger partial charge in [0.2, 0.25) is 11.8 Å². The number of hydrogen-bond acceptors (Lipinski definition) is 4. The van der Waals surface area contributed by atoms with Crippen LogP contribution in [0.25, 0.3) is 0 Å². The van der Waals surface area contributed by atoms with Crippen LogP contribution in [-0.4, -0.2) is 50.8 Å². The third-order valence-corrected chi connectivity index (χ3v) is 8.69. The summed E-state index contributed by atoms with van der Waals surface area (Å²) in [5, 5.41) is 2.17. The maximum atomic E-state index is 13.9. The summed E-state index contributed by atoms with van der Waals surface area (Å²) in [4.78, 5) is 28.1. The van der Waals surface area contributed by atoms with Gasteiger partial charge < -0.3 is 10.2 Å². The number of hydrogen-bond donors (Lipinski definition) is 1. The largest absolute Gasteiger partial charge is 0.417 e. The van der Waals surface area contributed by atoms with E-state index in [2.05, 4.69) is 5.32 Å². The Balaban J connectivity index is 2.08. The number of carbonyl (C=O) groups is 2. The van der Waals surface area contributed by atoms with E-state index in [1.165, 1.54) is 29.2 Å². The lowest BCUT2D eigenvalue weighted by Crippen LogP contribution is -2.53. The fourth-order valence-corrected chi connectivity index (χ4v) is 6.05. The minimum absolute atomic E-state index is 0.0779. The van der Waals surface area contributed by atoms with Gasteiger partial charge in [-0.3, -0.25) is 13.9 Å². The maximum absolute atomic E-state index is 13.9. The van der Waals surface area contributed by atoms with E-state index in [1.807, 2.05) is 37.3 Å². The van der Waals surface area contributed by atoms with Crippen LogP contribution in [0, 0.1) is 0 Å². The second-order valence-electron chi connectivity index (χ2n) is 9.52. The van der Waals surface area contributed by atoms with Crippen molar-refractivity contribution >= 4 is 39.1 Å². The van der Waals surface area contributed by atoms with Crippen molar-refractivity contribution in [3.8, 4) is 0 Å². The number of carbonyl (C=O) groups excluding carboxylic acids is 2. The lowest BCUT2D eigenvalue weighted by atomic mass is 10.1. The van der Waals surface area contributed by atoms with Crippen molar-refractivity contribution in [3.63, 3.8) is 0 Å². The molecule has 0 aromatic heterocycles. The van der Waals surface area contributed by atoms with E-state index in [1.54, 1.807) is 13.0 Å². The van der Waals surface area contributed by atoms with E-state index in [0.29, 0.717) is 29.8 Å². The van der Waals surface area contributed by atoms with E-state index in [0.717, 1.165) is 17.7 Å². The van der Waals surface area contributed by atoms with E-state index in [4.69, 9.17) is 11.6 Å². The zero-order valence-corrected chi connectivity index (χ0v) is 24.8.